The maximum Gasteiger partial charge on any atom is 0.384 e. The first kappa shape index (κ1) is 11.1. The smallest absolute Gasteiger partial charge is 0.384 e. The van der Waals surface area contributed by atoms with Crippen LogP contribution < -0.4 is 0 Å². The Morgan fingerprint density at radius 3 is 2.57 bits per heavy atom. The van der Waals surface area contributed by atoms with Crippen molar-refractivity contribution in [3.63, 3.8) is 0 Å². The molecule has 0 aliphatic heterocycles. The third-order valence-electron chi connectivity index (χ3n) is 2.41. The van der Waals surface area contributed by atoms with Crippen molar-refractivity contribution in [3.05, 3.63) is 0 Å². The summed E-state index contributed by atoms with van der Waals surface area (Å²) in [5, 5.41) is 0. The van der Waals surface area contributed by atoms with Gasteiger partial charge in [0.25, 0.3) is 0 Å². The predicted molar refractivity (Wildman–Crippen MR) is 55.5 cm³/mol. The van der Waals surface area contributed by atoms with Crippen LogP contribution in [0.3, 0.4) is 0 Å². The van der Waals surface area contributed by atoms with E-state index >= 15 is 0 Å². The van der Waals surface area contributed by atoms with Crippen LogP contribution in [0.5, 0.6) is 0 Å². The average Bonchev–Trinajstić information content (AvgIpc) is 2.67. The molecular formula is C12H18O2. The van der Waals surface area contributed by atoms with Crippen LogP contribution in [0.1, 0.15) is 34.1 Å². The highest BCUT2D eigenvalue weighted by Gasteiger charge is 2.44. The molecule has 0 aromatic heterocycles. The number of hydrogen-bond donors (Lipinski definition) is 0. The van der Waals surface area contributed by atoms with Crippen LogP contribution in [0.25, 0.3) is 0 Å². The van der Waals surface area contributed by atoms with Gasteiger partial charge in [0.05, 0.1) is 6.61 Å². The predicted octanol–water partition coefficient (Wildman–Crippen LogP) is 2.24. The van der Waals surface area contributed by atoms with Gasteiger partial charge in [-0.05, 0) is 17.8 Å². The van der Waals surface area contributed by atoms with Gasteiger partial charge in [0.15, 0.2) is 0 Å². The minimum absolute atomic E-state index is 0.311. The average molecular weight is 194 g/mol. The standard InChI is InChI=1S/C12H18O2/c1-9(2)8-14-11(13)6-5-10-7-12(10,3)4/h9-10H,7-8H2,1-4H3. The summed E-state index contributed by atoms with van der Waals surface area (Å²) in [5.74, 6) is 5.86. The van der Waals surface area contributed by atoms with Crippen molar-refractivity contribution in [1.82, 2.24) is 0 Å². The lowest BCUT2D eigenvalue weighted by Gasteiger charge is -2.02. The lowest BCUT2D eigenvalue weighted by atomic mass is 10.1. The molecule has 1 rings (SSSR count). The molecular weight excluding hydrogens is 176 g/mol. The Balaban J connectivity index is 2.27. The Kier molecular flexibility index (Phi) is 3.21. The molecule has 0 spiro atoms. The van der Waals surface area contributed by atoms with Crippen LogP contribution >= 0.6 is 0 Å². The van der Waals surface area contributed by atoms with E-state index in [0.29, 0.717) is 23.9 Å². The maximum absolute atomic E-state index is 11.1. The molecule has 0 amide bonds. The number of carbonyl (C=O) groups excluding carboxylic acids is 1. The van der Waals surface area contributed by atoms with E-state index in [1.807, 2.05) is 13.8 Å². The monoisotopic (exact) mass is 194 g/mol. The van der Waals surface area contributed by atoms with Crippen LogP contribution in [-0.2, 0) is 9.53 Å². The second kappa shape index (κ2) is 4.04. The minimum atomic E-state index is -0.388. The summed E-state index contributed by atoms with van der Waals surface area (Å²) in [5.41, 5.74) is 0.311. The summed E-state index contributed by atoms with van der Waals surface area (Å²) in [6.45, 7) is 8.79. The Morgan fingerprint density at radius 2 is 2.14 bits per heavy atom. The molecule has 1 saturated carbocycles. The van der Waals surface area contributed by atoms with Gasteiger partial charge in [-0.2, -0.15) is 0 Å². The van der Waals surface area contributed by atoms with Gasteiger partial charge in [-0.1, -0.05) is 33.6 Å². The fourth-order valence-electron chi connectivity index (χ4n) is 1.14. The highest BCUT2D eigenvalue weighted by molar-refractivity contribution is 5.88. The van der Waals surface area contributed by atoms with E-state index in [0.717, 1.165) is 6.42 Å². The van der Waals surface area contributed by atoms with Crippen molar-refractivity contribution < 1.29 is 9.53 Å². The van der Waals surface area contributed by atoms with Crippen LogP contribution in [-0.4, -0.2) is 12.6 Å². The topological polar surface area (TPSA) is 26.3 Å². The van der Waals surface area contributed by atoms with Crippen LogP contribution in [0.15, 0.2) is 0 Å². The molecule has 2 heteroatoms. The highest BCUT2D eigenvalue weighted by atomic mass is 16.5. The van der Waals surface area contributed by atoms with Gasteiger partial charge in [0.2, 0.25) is 0 Å². The molecule has 1 atom stereocenters. The first-order valence-corrected chi connectivity index (χ1v) is 5.10. The minimum Gasteiger partial charge on any atom is -0.456 e. The molecule has 78 valence electrons. The lowest BCUT2D eigenvalue weighted by Crippen LogP contribution is -2.07. The van der Waals surface area contributed by atoms with Crippen molar-refractivity contribution in [1.29, 1.82) is 0 Å². The summed E-state index contributed by atoms with van der Waals surface area (Å²) in [4.78, 5) is 11.1. The largest absolute Gasteiger partial charge is 0.456 e. The molecule has 0 radical (unpaired) electrons. The molecule has 1 fully saturated rings. The third-order valence-corrected chi connectivity index (χ3v) is 2.41. The van der Waals surface area contributed by atoms with E-state index in [9.17, 15) is 4.79 Å². The van der Waals surface area contributed by atoms with E-state index < -0.39 is 0 Å². The zero-order chi connectivity index (χ0) is 10.8. The maximum atomic E-state index is 11.1. The zero-order valence-electron chi connectivity index (χ0n) is 9.39. The second-order valence-electron chi connectivity index (χ2n) is 5.01. The van der Waals surface area contributed by atoms with Gasteiger partial charge >= 0.3 is 5.97 Å². The van der Waals surface area contributed by atoms with Gasteiger partial charge in [0, 0.05) is 11.8 Å². The van der Waals surface area contributed by atoms with Crippen molar-refractivity contribution in [3.8, 4) is 11.8 Å². The van der Waals surface area contributed by atoms with Gasteiger partial charge < -0.3 is 4.74 Å². The second-order valence-corrected chi connectivity index (χ2v) is 5.01. The molecule has 0 aromatic rings. The summed E-state index contributed by atoms with van der Waals surface area (Å²) in [6, 6.07) is 0. The summed E-state index contributed by atoms with van der Waals surface area (Å²) in [7, 11) is 0. The van der Waals surface area contributed by atoms with E-state index in [1.165, 1.54) is 0 Å². The molecule has 0 bridgehead atoms. The van der Waals surface area contributed by atoms with E-state index in [4.69, 9.17) is 4.74 Å². The highest BCUT2D eigenvalue weighted by Crippen LogP contribution is 2.50. The molecule has 1 aliphatic rings. The number of hydrogen-bond acceptors (Lipinski definition) is 2. The molecule has 14 heavy (non-hydrogen) atoms. The SMILES string of the molecule is CC(C)COC(=O)C#CC1CC1(C)C. The van der Waals surface area contributed by atoms with Gasteiger partial charge in [-0.15, -0.1) is 0 Å². The van der Waals surface area contributed by atoms with Crippen LogP contribution in [0, 0.1) is 29.1 Å². The summed E-state index contributed by atoms with van der Waals surface area (Å²) >= 11 is 0. The first-order valence-electron chi connectivity index (χ1n) is 5.10. The number of carbonyl (C=O) groups is 1. The van der Waals surface area contributed by atoms with E-state index in [2.05, 4.69) is 25.7 Å². The Morgan fingerprint density at radius 1 is 1.57 bits per heavy atom. The molecule has 0 heterocycles. The lowest BCUT2D eigenvalue weighted by molar-refractivity contribution is -0.137. The van der Waals surface area contributed by atoms with E-state index in [-0.39, 0.29) is 5.97 Å². The van der Waals surface area contributed by atoms with Crippen molar-refractivity contribution in [2.24, 2.45) is 17.3 Å². The third kappa shape index (κ3) is 3.41. The van der Waals surface area contributed by atoms with Crippen LogP contribution in [0.2, 0.25) is 0 Å². The molecule has 1 aliphatic carbocycles. The Labute approximate surface area is 86.0 Å². The fraction of sp³-hybridized carbons (Fsp3) is 0.750. The van der Waals surface area contributed by atoms with E-state index in [1.54, 1.807) is 0 Å². The quantitative estimate of drug-likeness (QED) is 0.383. The van der Waals surface area contributed by atoms with Crippen molar-refractivity contribution >= 4 is 5.97 Å². The van der Waals surface area contributed by atoms with Gasteiger partial charge in [0.1, 0.15) is 0 Å². The fourth-order valence-corrected chi connectivity index (χ4v) is 1.14. The van der Waals surface area contributed by atoms with Gasteiger partial charge in [-0.3, -0.25) is 0 Å². The Hall–Kier alpha value is -0.970. The number of rotatable bonds is 2. The summed E-state index contributed by atoms with van der Waals surface area (Å²) < 4.78 is 4.94. The zero-order valence-corrected chi connectivity index (χ0v) is 9.39. The normalized spacial score (nSPS) is 22.5. The molecule has 0 N–H and O–H groups in total. The number of esters is 1. The van der Waals surface area contributed by atoms with Gasteiger partial charge in [-0.25, -0.2) is 4.79 Å². The summed E-state index contributed by atoms with van der Waals surface area (Å²) in [6.07, 6.45) is 1.09. The van der Waals surface area contributed by atoms with Crippen molar-refractivity contribution in [2.45, 2.75) is 34.1 Å². The Bertz CT molecular complexity index is 278. The van der Waals surface area contributed by atoms with Crippen LogP contribution in [0.4, 0.5) is 0 Å². The number of ether oxygens (including phenoxy) is 1. The molecule has 0 saturated heterocycles. The molecule has 0 aromatic carbocycles. The molecule has 2 nitrogen and oxygen atoms in total. The van der Waals surface area contributed by atoms with Crippen molar-refractivity contribution in [2.75, 3.05) is 6.61 Å². The first-order chi connectivity index (χ1) is 6.42. The molecule has 1 unspecified atom stereocenters.